The Balaban J connectivity index is 2.02. The fraction of sp³-hybridized carbons (Fsp3) is 0.538. The van der Waals surface area contributed by atoms with Crippen LogP contribution in [0.1, 0.15) is 30.9 Å². The van der Waals surface area contributed by atoms with Crippen molar-refractivity contribution in [1.82, 2.24) is 0 Å². The number of halogens is 1. The summed E-state index contributed by atoms with van der Waals surface area (Å²) in [7, 11) is 1.63. The van der Waals surface area contributed by atoms with Gasteiger partial charge in [0.2, 0.25) is 0 Å². The highest BCUT2D eigenvalue weighted by Crippen LogP contribution is 2.31. The molecule has 0 spiro atoms. The average Bonchev–Trinajstić information content (AvgIpc) is 2.81. The van der Waals surface area contributed by atoms with E-state index >= 15 is 0 Å². The lowest BCUT2D eigenvalue weighted by atomic mass is 10.0. The molecule has 0 amide bonds. The second-order valence-corrected chi connectivity index (χ2v) is 5.13. The van der Waals surface area contributed by atoms with Gasteiger partial charge in [0, 0.05) is 13.0 Å². The van der Waals surface area contributed by atoms with Gasteiger partial charge in [0.25, 0.3) is 0 Å². The largest absolute Gasteiger partial charge is 0.496 e. The smallest absolute Gasteiger partial charge is 0.133 e. The Morgan fingerprint density at radius 2 is 2.41 bits per heavy atom. The van der Waals surface area contributed by atoms with E-state index in [-0.39, 0.29) is 6.10 Å². The van der Waals surface area contributed by atoms with Crippen LogP contribution in [-0.2, 0) is 4.74 Å². The van der Waals surface area contributed by atoms with E-state index in [0.717, 1.165) is 35.2 Å². The van der Waals surface area contributed by atoms with Gasteiger partial charge in [-0.05, 0) is 46.5 Å². The second kappa shape index (κ2) is 5.85. The Hall–Kier alpha value is -0.580. The molecule has 1 N–H and O–H groups in total. The molecule has 0 aromatic heterocycles. The van der Waals surface area contributed by atoms with Crippen LogP contribution in [0.25, 0.3) is 0 Å². The van der Waals surface area contributed by atoms with Crippen molar-refractivity contribution in [3.63, 3.8) is 0 Å². The van der Waals surface area contributed by atoms with Crippen molar-refractivity contribution in [1.29, 1.82) is 0 Å². The molecule has 1 aromatic carbocycles. The van der Waals surface area contributed by atoms with Gasteiger partial charge in [0.1, 0.15) is 5.75 Å². The van der Waals surface area contributed by atoms with E-state index in [9.17, 15) is 5.11 Å². The summed E-state index contributed by atoms with van der Waals surface area (Å²) in [5.74, 6) is 0.776. The van der Waals surface area contributed by atoms with E-state index in [1.807, 2.05) is 18.2 Å². The normalized spacial score (nSPS) is 21.5. The minimum absolute atomic E-state index is 0.200. The lowest BCUT2D eigenvalue weighted by molar-refractivity contribution is 0.0535. The third kappa shape index (κ3) is 3.21. The predicted molar refractivity (Wildman–Crippen MR) is 69.2 cm³/mol. The van der Waals surface area contributed by atoms with Crippen LogP contribution < -0.4 is 4.74 Å². The number of ether oxygens (including phenoxy) is 2. The summed E-state index contributed by atoms with van der Waals surface area (Å²) in [4.78, 5) is 0. The molecule has 1 heterocycles. The summed E-state index contributed by atoms with van der Waals surface area (Å²) < 4.78 is 11.5. The molecule has 0 saturated carbocycles. The van der Waals surface area contributed by atoms with Crippen LogP contribution in [-0.4, -0.2) is 24.9 Å². The SMILES string of the molecule is COc1ccc(C(O)CC2CCCO2)cc1Br. The first-order valence-electron chi connectivity index (χ1n) is 5.84. The van der Waals surface area contributed by atoms with E-state index in [1.54, 1.807) is 7.11 Å². The number of hydrogen-bond acceptors (Lipinski definition) is 3. The number of aliphatic hydroxyl groups is 1. The summed E-state index contributed by atoms with van der Waals surface area (Å²) in [5, 5.41) is 10.1. The van der Waals surface area contributed by atoms with Crippen molar-refractivity contribution in [2.24, 2.45) is 0 Å². The zero-order valence-electron chi connectivity index (χ0n) is 9.86. The highest BCUT2D eigenvalue weighted by atomic mass is 79.9. The summed E-state index contributed by atoms with van der Waals surface area (Å²) in [6, 6.07) is 5.65. The Bertz CT molecular complexity index is 375. The maximum atomic E-state index is 10.1. The summed E-state index contributed by atoms with van der Waals surface area (Å²) in [6.45, 7) is 0.823. The highest BCUT2D eigenvalue weighted by Gasteiger charge is 2.20. The van der Waals surface area contributed by atoms with Gasteiger partial charge in [-0.15, -0.1) is 0 Å². The molecule has 17 heavy (non-hydrogen) atoms. The predicted octanol–water partition coefficient (Wildman–Crippen LogP) is 3.06. The molecule has 0 bridgehead atoms. The minimum Gasteiger partial charge on any atom is -0.496 e. The number of methoxy groups -OCH3 is 1. The van der Waals surface area contributed by atoms with Crippen molar-refractivity contribution in [3.05, 3.63) is 28.2 Å². The van der Waals surface area contributed by atoms with Crippen molar-refractivity contribution in [3.8, 4) is 5.75 Å². The van der Waals surface area contributed by atoms with Crippen LogP contribution >= 0.6 is 15.9 Å². The number of hydrogen-bond donors (Lipinski definition) is 1. The lowest BCUT2D eigenvalue weighted by Crippen LogP contribution is -2.11. The summed E-state index contributed by atoms with van der Waals surface area (Å²) in [6.07, 6.45) is 2.54. The fourth-order valence-electron chi connectivity index (χ4n) is 2.11. The van der Waals surface area contributed by atoms with Crippen molar-refractivity contribution in [2.45, 2.75) is 31.5 Å². The zero-order valence-corrected chi connectivity index (χ0v) is 11.4. The van der Waals surface area contributed by atoms with E-state index < -0.39 is 6.10 Å². The van der Waals surface area contributed by atoms with Gasteiger partial charge in [0.15, 0.2) is 0 Å². The van der Waals surface area contributed by atoms with Crippen LogP contribution in [0.4, 0.5) is 0 Å². The molecule has 2 unspecified atom stereocenters. The quantitative estimate of drug-likeness (QED) is 0.929. The molecule has 3 nitrogen and oxygen atoms in total. The molecule has 2 rings (SSSR count). The molecule has 1 aliphatic rings. The van der Waals surface area contributed by atoms with E-state index in [4.69, 9.17) is 9.47 Å². The molecular weight excluding hydrogens is 284 g/mol. The summed E-state index contributed by atoms with van der Waals surface area (Å²) in [5.41, 5.74) is 0.896. The Kier molecular flexibility index (Phi) is 4.42. The molecule has 2 atom stereocenters. The van der Waals surface area contributed by atoms with Gasteiger partial charge in [-0.1, -0.05) is 6.07 Å². The maximum absolute atomic E-state index is 10.1. The van der Waals surface area contributed by atoms with Crippen LogP contribution in [0.15, 0.2) is 22.7 Å². The van der Waals surface area contributed by atoms with E-state index in [2.05, 4.69) is 15.9 Å². The molecule has 0 aliphatic carbocycles. The van der Waals surface area contributed by atoms with Gasteiger partial charge in [-0.2, -0.15) is 0 Å². The molecule has 0 radical (unpaired) electrons. The average molecular weight is 301 g/mol. The first-order chi connectivity index (χ1) is 8.20. The van der Waals surface area contributed by atoms with Crippen molar-refractivity contribution in [2.75, 3.05) is 13.7 Å². The third-order valence-corrected chi connectivity index (χ3v) is 3.69. The summed E-state index contributed by atoms with van der Waals surface area (Å²) >= 11 is 3.42. The first-order valence-corrected chi connectivity index (χ1v) is 6.63. The molecule has 1 aliphatic heterocycles. The molecule has 1 aromatic rings. The van der Waals surface area contributed by atoms with Crippen LogP contribution in [0.3, 0.4) is 0 Å². The molecule has 1 fully saturated rings. The number of rotatable bonds is 4. The van der Waals surface area contributed by atoms with Crippen molar-refractivity contribution >= 4 is 15.9 Å². The number of benzene rings is 1. The van der Waals surface area contributed by atoms with Crippen LogP contribution in [0.5, 0.6) is 5.75 Å². The molecule has 94 valence electrons. The molecular formula is C13H17BrO3. The second-order valence-electron chi connectivity index (χ2n) is 4.28. The number of aliphatic hydroxyl groups excluding tert-OH is 1. The van der Waals surface area contributed by atoms with E-state index in [1.165, 1.54) is 0 Å². The van der Waals surface area contributed by atoms with Crippen LogP contribution in [0, 0.1) is 0 Å². The Labute approximate surface area is 110 Å². The van der Waals surface area contributed by atoms with Crippen LogP contribution in [0.2, 0.25) is 0 Å². The van der Waals surface area contributed by atoms with Gasteiger partial charge in [0.05, 0.1) is 23.8 Å². The standard InChI is InChI=1S/C13H17BrO3/c1-16-13-5-4-9(7-11(13)14)12(15)8-10-3-2-6-17-10/h4-5,7,10,12,15H,2-3,6,8H2,1H3. The Morgan fingerprint density at radius 3 is 3.00 bits per heavy atom. The highest BCUT2D eigenvalue weighted by molar-refractivity contribution is 9.10. The maximum Gasteiger partial charge on any atom is 0.133 e. The van der Waals surface area contributed by atoms with E-state index in [0.29, 0.717) is 6.42 Å². The van der Waals surface area contributed by atoms with Gasteiger partial charge >= 0.3 is 0 Å². The van der Waals surface area contributed by atoms with Gasteiger partial charge in [-0.3, -0.25) is 0 Å². The van der Waals surface area contributed by atoms with Gasteiger partial charge in [-0.25, -0.2) is 0 Å². The lowest BCUT2D eigenvalue weighted by Gasteiger charge is -2.16. The molecule has 4 heteroatoms. The topological polar surface area (TPSA) is 38.7 Å². The first kappa shape index (κ1) is 12.9. The minimum atomic E-state index is -0.472. The zero-order chi connectivity index (χ0) is 12.3. The molecule has 1 saturated heterocycles. The monoisotopic (exact) mass is 300 g/mol. The Morgan fingerprint density at radius 1 is 1.59 bits per heavy atom. The van der Waals surface area contributed by atoms with Crippen molar-refractivity contribution < 1.29 is 14.6 Å². The third-order valence-electron chi connectivity index (χ3n) is 3.07. The fourth-order valence-corrected chi connectivity index (χ4v) is 2.66. The van der Waals surface area contributed by atoms with Gasteiger partial charge < -0.3 is 14.6 Å².